The normalized spacial score (nSPS) is 15.5. The lowest BCUT2D eigenvalue weighted by molar-refractivity contribution is -0.0472. The molecule has 0 unspecified atom stereocenters. The van der Waals surface area contributed by atoms with Gasteiger partial charge in [0, 0.05) is 60.2 Å². The van der Waals surface area contributed by atoms with Crippen LogP contribution in [0.4, 0.5) is 9.59 Å². The Morgan fingerprint density at radius 2 is 1.11 bits per heavy atom. The van der Waals surface area contributed by atoms with Crippen molar-refractivity contribution in [2.75, 3.05) is 26.2 Å². The van der Waals surface area contributed by atoms with E-state index in [1.165, 1.54) is 0 Å². The molecule has 2 atom stereocenters. The first-order valence-corrected chi connectivity index (χ1v) is 13.4. The number of carbonyl (C=O) groups is 2. The first kappa shape index (κ1) is 24.2. The third kappa shape index (κ3) is 5.34. The molecule has 2 aromatic carbocycles. The molecule has 1 fully saturated rings. The summed E-state index contributed by atoms with van der Waals surface area (Å²) in [6.07, 6.45) is -2.46. The van der Waals surface area contributed by atoms with Crippen molar-refractivity contribution in [2.24, 2.45) is 0 Å². The molecule has 10 heteroatoms. The number of piperazine rings is 1. The molecule has 0 bridgehead atoms. The van der Waals surface area contributed by atoms with Gasteiger partial charge in [0.15, 0.2) is 0 Å². The monoisotopic (exact) mass is 526 g/mol. The molecular formula is C26H26N2O6S2. The predicted octanol–water partition coefficient (Wildman–Crippen LogP) is 6.16. The minimum Gasteiger partial charge on any atom is -0.454 e. The number of carbonyl (C=O) groups excluding carboxylic acids is 2. The lowest BCUT2D eigenvalue weighted by Gasteiger charge is -2.34. The van der Waals surface area contributed by atoms with E-state index in [1.807, 2.05) is 59.3 Å². The second kappa shape index (κ2) is 10.6. The van der Waals surface area contributed by atoms with E-state index in [0.29, 0.717) is 37.7 Å². The number of hydrogen-bond donors (Lipinski definition) is 0. The van der Waals surface area contributed by atoms with Crippen molar-refractivity contribution in [3.8, 4) is 11.5 Å². The molecule has 1 aliphatic heterocycles. The van der Waals surface area contributed by atoms with Gasteiger partial charge < -0.3 is 28.7 Å². The number of rotatable bonds is 6. The van der Waals surface area contributed by atoms with Crippen molar-refractivity contribution in [1.29, 1.82) is 0 Å². The summed E-state index contributed by atoms with van der Waals surface area (Å²) in [6, 6.07) is 15.5. The average molecular weight is 527 g/mol. The van der Waals surface area contributed by atoms with Crippen LogP contribution in [-0.4, -0.2) is 60.7 Å². The van der Waals surface area contributed by atoms with Crippen LogP contribution in [0.15, 0.2) is 59.3 Å². The molecule has 2 amide bonds. The maximum Gasteiger partial charge on any atom is 0.412 e. The first-order valence-electron chi connectivity index (χ1n) is 11.6. The molecule has 2 aromatic heterocycles. The van der Waals surface area contributed by atoms with Crippen LogP contribution in [0, 0.1) is 0 Å². The quantitative estimate of drug-likeness (QED) is 0.280. The molecule has 0 radical (unpaired) electrons. The molecule has 0 saturated carbocycles. The van der Waals surface area contributed by atoms with Gasteiger partial charge in [0.1, 0.15) is 11.5 Å². The topological polar surface area (TPSA) is 77.5 Å². The van der Waals surface area contributed by atoms with Gasteiger partial charge in [0.2, 0.25) is 12.6 Å². The predicted molar refractivity (Wildman–Crippen MR) is 140 cm³/mol. The van der Waals surface area contributed by atoms with Crippen LogP contribution >= 0.6 is 22.7 Å². The van der Waals surface area contributed by atoms with Crippen molar-refractivity contribution in [2.45, 2.75) is 26.4 Å². The van der Waals surface area contributed by atoms with E-state index in [-0.39, 0.29) is 0 Å². The molecule has 1 saturated heterocycles. The van der Waals surface area contributed by atoms with Crippen LogP contribution in [0.5, 0.6) is 11.5 Å². The largest absolute Gasteiger partial charge is 0.454 e. The van der Waals surface area contributed by atoms with Crippen molar-refractivity contribution in [3.05, 3.63) is 59.3 Å². The van der Waals surface area contributed by atoms with Crippen molar-refractivity contribution >= 4 is 55.0 Å². The van der Waals surface area contributed by atoms with E-state index in [0.717, 1.165) is 20.2 Å². The van der Waals surface area contributed by atoms with Crippen LogP contribution in [0.1, 0.15) is 13.8 Å². The maximum absolute atomic E-state index is 12.6. The first-order chi connectivity index (χ1) is 17.5. The molecule has 5 rings (SSSR count). The van der Waals surface area contributed by atoms with E-state index in [1.54, 1.807) is 46.3 Å². The number of nitrogens with zero attached hydrogens (tertiary/aromatic N) is 2. The second-order valence-corrected chi connectivity index (χ2v) is 10.2. The van der Waals surface area contributed by atoms with E-state index in [2.05, 4.69) is 0 Å². The van der Waals surface area contributed by atoms with Crippen molar-refractivity contribution in [1.82, 2.24) is 9.80 Å². The Morgan fingerprint density at radius 1 is 0.694 bits per heavy atom. The highest BCUT2D eigenvalue weighted by molar-refractivity contribution is 7.17. The highest BCUT2D eigenvalue weighted by Gasteiger charge is 2.28. The molecule has 36 heavy (non-hydrogen) atoms. The minimum absolute atomic E-state index is 0.338. The molecule has 8 nitrogen and oxygen atoms in total. The SMILES string of the molecule is C[C@@H](OC(=O)N1CCN(C(=O)O[C@H](C)Oc2cccc3sccc23)CC1)Oc1cccc2sccc12. The summed E-state index contributed by atoms with van der Waals surface area (Å²) in [7, 11) is 0. The van der Waals surface area contributed by atoms with Gasteiger partial charge in [-0.2, -0.15) is 0 Å². The smallest absolute Gasteiger partial charge is 0.412 e. The summed E-state index contributed by atoms with van der Waals surface area (Å²) in [5.74, 6) is 1.35. The zero-order chi connectivity index (χ0) is 25.1. The zero-order valence-electron chi connectivity index (χ0n) is 19.9. The third-order valence-corrected chi connectivity index (χ3v) is 7.59. The number of thiophene rings is 2. The minimum atomic E-state index is -0.753. The van der Waals surface area contributed by atoms with E-state index >= 15 is 0 Å². The summed E-state index contributed by atoms with van der Waals surface area (Å²) < 4.78 is 24.9. The standard InChI is InChI=1S/C26H26N2O6S2/c1-17(31-21-5-3-7-23-19(21)9-15-35-23)33-25(29)27-11-13-28(14-12-27)26(30)34-18(2)32-22-6-4-8-24-20(22)10-16-36-24/h3-10,15-18H,11-14H2,1-2H3/t17-,18-/m1/s1. The molecule has 0 spiro atoms. The van der Waals surface area contributed by atoms with Gasteiger partial charge in [-0.15, -0.1) is 22.7 Å². The molecule has 0 N–H and O–H groups in total. The Kier molecular flexibility index (Phi) is 7.15. The number of amides is 2. The fraction of sp³-hybridized carbons (Fsp3) is 0.308. The molecular weight excluding hydrogens is 500 g/mol. The number of benzene rings is 2. The van der Waals surface area contributed by atoms with Crippen LogP contribution in [0.3, 0.4) is 0 Å². The lowest BCUT2D eigenvalue weighted by atomic mass is 10.2. The van der Waals surface area contributed by atoms with Gasteiger partial charge in [0.05, 0.1) is 0 Å². The fourth-order valence-corrected chi connectivity index (χ4v) is 5.66. The zero-order valence-corrected chi connectivity index (χ0v) is 21.6. The fourth-order valence-electron chi connectivity index (χ4n) is 4.05. The van der Waals surface area contributed by atoms with E-state index in [9.17, 15) is 9.59 Å². The van der Waals surface area contributed by atoms with Crippen LogP contribution in [-0.2, 0) is 9.47 Å². The Bertz CT molecular complexity index is 1260. The van der Waals surface area contributed by atoms with Gasteiger partial charge in [-0.1, -0.05) is 12.1 Å². The Balaban J connectivity index is 1.08. The van der Waals surface area contributed by atoms with Crippen molar-refractivity contribution < 1.29 is 28.5 Å². The van der Waals surface area contributed by atoms with E-state index in [4.69, 9.17) is 18.9 Å². The molecule has 188 valence electrons. The van der Waals surface area contributed by atoms with Gasteiger partial charge in [-0.25, -0.2) is 9.59 Å². The third-order valence-electron chi connectivity index (χ3n) is 5.83. The second-order valence-electron chi connectivity index (χ2n) is 8.29. The van der Waals surface area contributed by atoms with E-state index < -0.39 is 24.8 Å². The number of ether oxygens (including phenoxy) is 4. The highest BCUT2D eigenvalue weighted by atomic mass is 32.1. The molecule has 4 aromatic rings. The Morgan fingerprint density at radius 3 is 1.53 bits per heavy atom. The Hall–Kier alpha value is -3.50. The summed E-state index contributed by atoms with van der Waals surface area (Å²) >= 11 is 3.25. The summed E-state index contributed by atoms with van der Waals surface area (Å²) in [6.45, 7) is 4.73. The van der Waals surface area contributed by atoms with Crippen LogP contribution in [0.2, 0.25) is 0 Å². The lowest BCUT2D eigenvalue weighted by Crippen LogP contribution is -2.51. The summed E-state index contributed by atoms with van der Waals surface area (Å²) in [5, 5.41) is 5.97. The average Bonchev–Trinajstić information content (AvgIpc) is 3.55. The molecule has 3 heterocycles. The molecule has 0 aliphatic carbocycles. The molecule has 1 aliphatic rings. The Labute approximate surface area is 216 Å². The highest BCUT2D eigenvalue weighted by Crippen LogP contribution is 2.31. The van der Waals surface area contributed by atoms with Crippen molar-refractivity contribution in [3.63, 3.8) is 0 Å². The van der Waals surface area contributed by atoms with Crippen LogP contribution in [0.25, 0.3) is 20.2 Å². The van der Waals surface area contributed by atoms with Gasteiger partial charge in [-0.3, -0.25) is 0 Å². The maximum atomic E-state index is 12.6. The number of fused-ring (bicyclic) bond motifs is 2. The summed E-state index contributed by atoms with van der Waals surface area (Å²) in [5.41, 5.74) is 0. The van der Waals surface area contributed by atoms with Gasteiger partial charge in [-0.05, 0) is 47.2 Å². The summed E-state index contributed by atoms with van der Waals surface area (Å²) in [4.78, 5) is 28.4. The number of hydrogen-bond acceptors (Lipinski definition) is 8. The van der Waals surface area contributed by atoms with Gasteiger partial charge in [0.25, 0.3) is 0 Å². The van der Waals surface area contributed by atoms with Gasteiger partial charge >= 0.3 is 12.2 Å². The van der Waals surface area contributed by atoms with Crippen LogP contribution < -0.4 is 9.47 Å².